The molecule has 0 aromatic heterocycles. The van der Waals surface area contributed by atoms with E-state index in [0.717, 1.165) is 5.92 Å². The van der Waals surface area contributed by atoms with Gasteiger partial charge in [0, 0.05) is 6.54 Å². The first-order valence-corrected chi connectivity index (χ1v) is 4.46. The quantitative estimate of drug-likeness (QED) is 0.608. The molecular weight excluding hydrogens is 134 g/mol. The van der Waals surface area contributed by atoms with Crippen LogP contribution in [0.25, 0.3) is 0 Å². The van der Waals surface area contributed by atoms with E-state index >= 15 is 0 Å². The van der Waals surface area contributed by atoms with Gasteiger partial charge in [0.05, 0.1) is 0 Å². The smallest absolute Gasteiger partial charge is 0.000112 e. The summed E-state index contributed by atoms with van der Waals surface area (Å²) in [5.41, 5.74) is 0.482. The molecule has 1 nitrogen and oxygen atoms in total. The van der Waals surface area contributed by atoms with Crippen LogP contribution in [0.4, 0.5) is 0 Å². The average Bonchev–Trinajstić information content (AvgIpc) is 1.53. The first-order valence-electron chi connectivity index (χ1n) is 4.46. The van der Waals surface area contributed by atoms with Gasteiger partial charge in [-0.3, -0.25) is 0 Å². The molecule has 0 amide bonds. The Balaban J connectivity index is 3.61. The van der Waals surface area contributed by atoms with E-state index in [-0.39, 0.29) is 0 Å². The van der Waals surface area contributed by atoms with Crippen LogP contribution in [-0.4, -0.2) is 25.5 Å². The molecule has 0 saturated carbocycles. The van der Waals surface area contributed by atoms with Crippen molar-refractivity contribution in [3.05, 3.63) is 0 Å². The van der Waals surface area contributed by atoms with E-state index < -0.39 is 0 Å². The molecule has 0 aromatic rings. The molecule has 0 aliphatic heterocycles. The number of nitrogens with zero attached hydrogens (tertiary/aromatic N) is 1. The van der Waals surface area contributed by atoms with Gasteiger partial charge in [-0.05, 0) is 31.8 Å². The molecule has 1 unspecified atom stereocenters. The van der Waals surface area contributed by atoms with Gasteiger partial charge in [0.1, 0.15) is 0 Å². The van der Waals surface area contributed by atoms with Crippen LogP contribution in [0.1, 0.15) is 34.1 Å². The molecule has 0 fully saturated rings. The molecule has 0 radical (unpaired) electrons. The highest BCUT2D eigenvalue weighted by Gasteiger charge is 2.15. The summed E-state index contributed by atoms with van der Waals surface area (Å²) in [5, 5.41) is 0. The van der Waals surface area contributed by atoms with E-state index in [2.05, 4.69) is 46.7 Å². The summed E-state index contributed by atoms with van der Waals surface area (Å²) >= 11 is 0. The molecule has 0 aliphatic carbocycles. The van der Waals surface area contributed by atoms with Crippen molar-refractivity contribution >= 4 is 0 Å². The maximum absolute atomic E-state index is 2.32. The third kappa shape index (κ3) is 7.86. The normalized spacial score (nSPS) is 15.5. The molecule has 0 bridgehead atoms. The predicted octanol–water partition coefficient (Wildman–Crippen LogP) is 2.62. The van der Waals surface area contributed by atoms with Gasteiger partial charge in [-0.2, -0.15) is 0 Å². The van der Waals surface area contributed by atoms with Crippen LogP contribution in [0.15, 0.2) is 0 Å². The summed E-state index contributed by atoms with van der Waals surface area (Å²) in [4.78, 5) is 2.26. The first kappa shape index (κ1) is 11.0. The summed E-state index contributed by atoms with van der Waals surface area (Å²) in [6.07, 6.45) is 1.31. The van der Waals surface area contributed by atoms with Crippen LogP contribution >= 0.6 is 0 Å². The van der Waals surface area contributed by atoms with Gasteiger partial charge in [-0.25, -0.2) is 0 Å². The SMILES string of the molecule is CC(CN(C)C)CC(C)(C)C. The summed E-state index contributed by atoms with van der Waals surface area (Å²) in [6.45, 7) is 10.4. The lowest BCUT2D eigenvalue weighted by Crippen LogP contribution is -2.23. The minimum atomic E-state index is 0.482. The highest BCUT2D eigenvalue weighted by Crippen LogP contribution is 2.24. The van der Waals surface area contributed by atoms with Crippen molar-refractivity contribution in [2.45, 2.75) is 34.1 Å². The van der Waals surface area contributed by atoms with E-state index in [4.69, 9.17) is 0 Å². The largest absolute Gasteiger partial charge is 0.309 e. The van der Waals surface area contributed by atoms with Gasteiger partial charge in [0.25, 0.3) is 0 Å². The Morgan fingerprint density at radius 1 is 1.18 bits per heavy atom. The Kier molecular flexibility index (Phi) is 4.09. The van der Waals surface area contributed by atoms with Crippen molar-refractivity contribution in [1.82, 2.24) is 4.90 Å². The standard InChI is InChI=1S/C10H23N/c1-9(8-11(5)6)7-10(2,3)4/h9H,7-8H2,1-6H3. The van der Waals surface area contributed by atoms with Gasteiger partial charge < -0.3 is 4.90 Å². The van der Waals surface area contributed by atoms with E-state index in [0.29, 0.717) is 5.41 Å². The summed E-state index contributed by atoms with van der Waals surface area (Å²) in [7, 11) is 4.28. The van der Waals surface area contributed by atoms with Gasteiger partial charge in [-0.15, -0.1) is 0 Å². The van der Waals surface area contributed by atoms with Crippen LogP contribution in [0.5, 0.6) is 0 Å². The Morgan fingerprint density at radius 3 is 1.91 bits per heavy atom. The van der Waals surface area contributed by atoms with E-state index in [1.807, 2.05) is 0 Å². The zero-order valence-electron chi connectivity index (χ0n) is 8.94. The topological polar surface area (TPSA) is 3.24 Å². The second kappa shape index (κ2) is 4.10. The highest BCUT2D eigenvalue weighted by atomic mass is 15.1. The maximum Gasteiger partial charge on any atom is 0.000112 e. The number of rotatable bonds is 3. The molecule has 0 saturated heterocycles. The van der Waals surface area contributed by atoms with Crippen molar-refractivity contribution in [3.8, 4) is 0 Å². The molecule has 0 aliphatic rings. The minimum Gasteiger partial charge on any atom is -0.309 e. The molecule has 0 heterocycles. The molecule has 68 valence electrons. The molecule has 1 heteroatoms. The second-order valence-corrected chi connectivity index (χ2v) is 5.13. The van der Waals surface area contributed by atoms with Gasteiger partial charge in [-0.1, -0.05) is 27.7 Å². The fourth-order valence-electron chi connectivity index (χ4n) is 1.73. The van der Waals surface area contributed by atoms with E-state index in [9.17, 15) is 0 Å². The average molecular weight is 157 g/mol. The highest BCUT2D eigenvalue weighted by molar-refractivity contribution is 4.67. The van der Waals surface area contributed by atoms with Gasteiger partial charge >= 0.3 is 0 Å². The Morgan fingerprint density at radius 2 is 1.64 bits per heavy atom. The van der Waals surface area contributed by atoms with Crippen molar-refractivity contribution in [2.75, 3.05) is 20.6 Å². The Labute approximate surface area is 71.8 Å². The third-order valence-corrected chi connectivity index (χ3v) is 1.64. The van der Waals surface area contributed by atoms with Crippen molar-refractivity contribution in [3.63, 3.8) is 0 Å². The molecule has 1 atom stereocenters. The molecule has 11 heavy (non-hydrogen) atoms. The monoisotopic (exact) mass is 157 g/mol. The third-order valence-electron chi connectivity index (χ3n) is 1.64. The Bertz CT molecular complexity index is 99.9. The van der Waals surface area contributed by atoms with Crippen LogP contribution < -0.4 is 0 Å². The van der Waals surface area contributed by atoms with Gasteiger partial charge in [0.2, 0.25) is 0 Å². The maximum atomic E-state index is 2.32. The second-order valence-electron chi connectivity index (χ2n) is 5.13. The lowest BCUT2D eigenvalue weighted by Gasteiger charge is -2.25. The minimum absolute atomic E-state index is 0.482. The van der Waals surface area contributed by atoms with Crippen LogP contribution in [-0.2, 0) is 0 Å². The number of hydrogen-bond donors (Lipinski definition) is 0. The van der Waals surface area contributed by atoms with Crippen LogP contribution in [0.3, 0.4) is 0 Å². The van der Waals surface area contributed by atoms with Gasteiger partial charge in [0.15, 0.2) is 0 Å². The van der Waals surface area contributed by atoms with E-state index in [1.165, 1.54) is 13.0 Å². The fourth-order valence-corrected chi connectivity index (χ4v) is 1.73. The predicted molar refractivity (Wildman–Crippen MR) is 51.8 cm³/mol. The molecule has 0 N–H and O–H groups in total. The summed E-state index contributed by atoms with van der Waals surface area (Å²) in [5.74, 6) is 0.810. The fraction of sp³-hybridized carbons (Fsp3) is 1.00. The van der Waals surface area contributed by atoms with E-state index in [1.54, 1.807) is 0 Å². The molecular formula is C10H23N. The van der Waals surface area contributed by atoms with Crippen LogP contribution in [0, 0.1) is 11.3 Å². The molecule has 0 aromatic carbocycles. The number of hydrogen-bond acceptors (Lipinski definition) is 1. The van der Waals surface area contributed by atoms with Crippen molar-refractivity contribution < 1.29 is 0 Å². The first-order chi connectivity index (χ1) is 4.81. The molecule has 0 spiro atoms. The summed E-state index contributed by atoms with van der Waals surface area (Å²) < 4.78 is 0. The zero-order valence-corrected chi connectivity index (χ0v) is 8.94. The zero-order chi connectivity index (χ0) is 9.07. The van der Waals surface area contributed by atoms with Crippen molar-refractivity contribution in [2.24, 2.45) is 11.3 Å². The van der Waals surface area contributed by atoms with Crippen molar-refractivity contribution in [1.29, 1.82) is 0 Å². The summed E-state index contributed by atoms with van der Waals surface area (Å²) in [6, 6.07) is 0. The molecule has 0 rings (SSSR count). The van der Waals surface area contributed by atoms with Crippen LogP contribution in [0.2, 0.25) is 0 Å². The Hall–Kier alpha value is -0.0400. The lowest BCUT2D eigenvalue weighted by molar-refractivity contribution is 0.252. The lowest BCUT2D eigenvalue weighted by atomic mass is 9.85.